The van der Waals surface area contributed by atoms with Crippen LogP contribution in [0.3, 0.4) is 0 Å². The monoisotopic (exact) mass is 342 g/mol. The fourth-order valence-electron chi connectivity index (χ4n) is 3.95. The van der Waals surface area contributed by atoms with E-state index < -0.39 is 9.84 Å². The molecule has 0 bridgehead atoms. The van der Waals surface area contributed by atoms with Gasteiger partial charge in [0.25, 0.3) is 0 Å². The Hall–Kier alpha value is -1.69. The van der Waals surface area contributed by atoms with E-state index in [2.05, 4.69) is 4.90 Å². The highest BCUT2D eigenvalue weighted by Gasteiger charge is 2.32. The van der Waals surface area contributed by atoms with E-state index in [1.165, 1.54) is 5.56 Å². The minimum absolute atomic E-state index is 0.270. The average Bonchev–Trinajstić information content (AvgIpc) is 3.21. The predicted octanol–water partition coefficient (Wildman–Crippen LogP) is 2.54. The largest absolute Gasteiger partial charge is 0.326 e. The third-order valence-corrected chi connectivity index (χ3v) is 6.99. The molecule has 4 nitrogen and oxygen atoms in total. The first-order valence-electron chi connectivity index (χ1n) is 8.48. The van der Waals surface area contributed by atoms with Gasteiger partial charge < -0.3 is 5.73 Å². The highest BCUT2D eigenvalue weighted by atomic mass is 32.2. The van der Waals surface area contributed by atoms with Crippen LogP contribution in [0.4, 0.5) is 0 Å². The van der Waals surface area contributed by atoms with E-state index in [0.29, 0.717) is 15.8 Å². The van der Waals surface area contributed by atoms with Crippen molar-refractivity contribution in [2.45, 2.75) is 41.1 Å². The van der Waals surface area contributed by atoms with Crippen molar-refractivity contribution in [3.63, 3.8) is 0 Å². The second-order valence-corrected chi connectivity index (χ2v) is 8.72. The van der Waals surface area contributed by atoms with Crippen molar-refractivity contribution in [3.8, 4) is 0 Å². The van der Waals surface area contributed by atoms with E-state index in [4.69, 9.17) is 5.73 Å². The Morgan fingerprint density at radius 1 is 1.00 bits per heavy atom. The fraction of sp³-hybridized carbons (Fsp3) is 0.368. The first-order chi connectivity index (χ1) is 11.6. The van der Waals surface area contributed by atoms with Crippen LogP contribution < -0.4 is 5.73 Å². The number of nitrogens with zero attached hydrogens (tertiary/aromatic N) is 1. The van der Waals surface area contributed by atoms with Crippen LogP contribution in [-0.2, 0) is 16.3 Å². The normalized spacial score (nSPS) is 24.2. The van der Waals surface area contributed by atoms with Gasteiger partial charge in [-0.2, -0.15) is 0 Å². The third-order valence-electron chi connectivity index (χ3n) is 5.22. The zero-order chi connectivity index (χ0) is 16.7. The van der Waals surface area contributed by atoms with E-state index >= 15 is 0 Å². The van der Waals surface area contributed by atoms with Gasteiger partial charge in [0.2, 0.25) is 9.84 Å². The number of likely N-dealkylation sites (tertiary alicyclic amines) is 1. The lowest BCUT2D eigenvalue weighted by Gasteiger charge is -2.24. The van der Waals surface area contributed by atoms with E-state index in [1.54, 1.807) is 30.3 Å². The minimum Gasteiger partial charge on any atom is -0.326 e. The minimum atomic E-state index is -3.44. The molecule has 0 spiro atoms. The quantitative estimate of drug-likeness (QED) is 0.931. The van der Waals surface area contributed by atoms with E-state index in [9.17, 15) is 8.42 Å². The van der Waals surface area contributed by atoms with Gasteiger partial charge >= 0.3 is 0 Å². The summed E-state index contributed by atoms with van der Waals surface area (Å²) in [5.41, 5.74) is 8.48. The summed E-state index contributed by atoms with van der Waals surface area (Å²) in [4.78, 5) is 3.19. The molecule has 1 aliphatic carbocycles. The van der Waals surface area contributed by atoms with Crippen molar-refractivity contribution in [1.82, 2.24) is 4.90 Å². The number of sulfone groups is 1. The van der Waals surface area contributed by atoms with Crippen LogP contribution in [-0.4, -0.2) is 32.4 Å². The van der Waals surface area contributed by atoms with Crippen molar-refractivity contribution >= 4 is 9.84 Å². The SMILES string of the molecule is NC1CCN(C2CCc3cc(S(=O)(=O)c4ccccc4)ccc32)C1. The maximum absolute atomic E-state index is 12.8. The summed E-state index contributed by atoms with van der Waals surface area (Å²) in [6.07, 6.45) is 3.03. The number of aryl methyl sites for hydroxylation is 1. The first-order valence-corrected chi connectivity index (χ1v) is 9.96. The topological polar surface area (TPSA) is 63.4 Å². The standard InChI is InChI=1S/C19H22N2O2S/c20-15-10-11-21(13-15)19-9-6-14-12-17(7-8-18(14)19)24(22,23)16-4-2-1-3-5-16/h1-5,7-8,12,15,19H,6,9-11,13,20H2. The van der Waals surface area contributed by atoms with Gasteiger partial charge in [0.15, 0.2) is 0 Å². The van der Waals surface area contributed by atoms with Gasteiger partial charge in [0.05, 0.1) is 9.79 Å². The Morgan fingerprint density at radius 2 is 1.79 bits per heavy atom. The molecular formula is C19H22N2O2S. The smallest absolute Gasteiger partial charge is 0.206 e. The van der Waals surface area contributed by atoms with Crippen molar-refractivity contribution < 1.29 is 8.42 Å². The summed E-state index contributed by atoms with van der Waals surface area (Å²) >= 11 is 0. The zero-order valence-electron chi connectivity index (χ0n) is 13.6. The Bertz CT molecular complexity index is 849. The second-order valence-electron chi connectivity index (χ2n) is 6.78. The van der Waals surface area contributed by atoms with E-state index in [0.717, 1.165) is 37.9 Å². The lowest BCUT2D eigenvalue weighted by Crippen LogP contribution is -2.29. The molecular weight excluding hydrogens is 320 g/mol. The highest BCUT2D eigenvalue weighted by Crippen LogP contribution is 2.38. The average molecular weight is 342 g/mol. The van der Waals surface area contributed by atoms with E-state index in [-0.39, 0.29) is 6.04 Å². The molecule has 1 fully saturated rings. The van der Waals surface area contributed by atoms with Gasteiger partial charge in [-0.25, -0.2) is 8.42 Å². The van der Waals surface area contributed by atoms with Gasteiger partial charge in [-0.05, 0) is 54.7 Å². The molecule has 2 aromatic rings. The van der Waals surface area contributed by atoms with Crippen molar-refractivity contribution in [2.75, 3.05) is 13.1 Å². The molecule has 2 unspecified atom stereocenters. The summed E-state index contributed by atoms with van der Waals surface area (Å²) < 4.78 is 25.6. The Labute approximate surface area is 143 Å². The van der Waals surface area contributed by atoms with Gasteiger partial charge in [-0.15, -0.1) is 0 Å². The van der Waals surface area contributed by atoms with Crippen LogP contribution in [0.15, 0.2) is 58.3 Å². The highest BCUT2D eigenvalue weighted by molar-refractivity contribution is 7.91. The molecule has 0 saturated carbocycles. The summed E-state index contributed by atoms with van der Waals surface area (Å²) in [6, 6.07) is 14.9. The van der Waals surface area contributed by atoms with Crippen molar-refractivity contribution in [2.24, 2.45) is 5.73 Å². The number of benzene rings is 2. The molecule has 1 aliphatic heterocycles. The zero-order valence-corrected chi connectivity index (χ0v) is 14.4. The molecule has 24 heavy (non-hydrogen) atoms. The van der Waals surface area contributed by atoms with Crippen LogP contribution in [0, 0.1) is 0 Å². The maximum atomic E-state index is 12.8. The van der Waals surface area contributed by atoms with Gasteiger partial charge in [-0.1, -0.05) is 24.3 Å². The molecule has 126 valence electrons. The fourth-order valence-corrected chi connectivity index (χ4v) is 5.28. The molecule has 0 aromatic heterocycles. The van der Waals surface area contributed by atoms with Gasteiger partial charge in [0, 0.05) is 25.2 Å². The van der Waals surface area contributed by atoms with Gasteiger partial charge in [-0.3, -0.25) is 4.90 Å². The molecule has 2 atom stereocenters. The van der Waals surface area contributed by atoms with Crippen LogP contribution in [0.2, 0.25) is 0 Å². The molecule has 2 aromatic carbocycles. The lowest BCUT2D eigenvalue weighted by molar-refractivity contribution is 0.242. The van der Waals surface area contributed by atoms with Crippen molar-refractivity contribution in [1.29, 1.82) is 0 Å². The predicted molar refractivity (Wildman–Crippen MR) is 93.6 cm³/mol. The molecule has 1 saturated heterocycles. The molecule has 4 rings (SSSR count). The molecule has 5 heteroatoms. The third kappa shape index (κ3) is 2.66. The molecule has 1 heterocycles. The van der Waals surface area contributed by atoms with E-state index in [1.807, 2.05) is 18.2 Å². The first kappa shape index (κ1) is 15.8. The molecule has 0 amide bonds. The van der Waals surface area contributed by atoms with Crippen LogP contribution in [0.1, 0.15) is 30.0 Å². The van der Waals surface area contributed by atoms with Gasteiger partial charge in [0.1, 0.15) is 0 Å². The summed E-state index contributed by atoms with van der Waals surface area (Å²) in [5.74, 6) is 0. The Balaban J connectivity index is 1.66. The summed E-state index contributed by atoms with van der Waals surface area (Å²) in [7, 11) is -3.44. The maximum Gasteiger partial charge on any atom is 0.206 e. The molecule has 2 aliphatic rings. The van der Waals surface area contributed by atoms with Crippen LogP contribution in [0.5, 0.6) is 0 Å². The molecule has 2 N–H and O–H groups in total. The summed E-state index contributed by atoms with van der Waals surface area (Å²) in [5, 5.41) is 0. The number of hydrogen-bond acceptors (Lipinski definition) is 4. The number of rotatable bonds is 3. The summed E-state index contributed by atoms with van der Waals surface area (Å²) in [6.45, 7) is 1.98. The number of hydrogen-bond donors (Lipinski definition) is 1. The number of fused-ring (bicyclic) bond motifs is 1. The number of nitrogens with two attached hydrogens (primary N) is 1. The van der Waals surface area contributed by atoms with Crippen LogP contribution >= 0.6 is 0 Å². The lowest BCUT2D eigenvalue weighted by atomic mass is 10.1. The second kappa shape index (κ2) is 5.99. The Kier molecular flexibility index (Phi) is 3.95. The Morgan fingerprint density at radius 3 is 2.50 bits per heavy atom. The van der Waals surface area contributed by atoms with Crippen molar-refractivity contribution in [3.05, 3.63) is 59.7 Å². The van der Waals surface area contributed by atoms with Crippen LogP contribution in [0.25, 0.3) is 0 Å². The molecule has 0 radical (unpaired) electrons.